The van der Waals surface area contributed by atoms with E-state index in [1.54, 1.807) is 0 Å². The Labute approximate surface area is 79.0 Å². The minimum atomic E-state index is -0.225. The number of nitriles is 1. The van der Waals surface area contributed by atoms with Crippen molar-refractivity contribution < 1.29 is 5.11 Å². The first-order valence-corrected chi connectivity index (χ1v) is 5.11. The Morgan fingerprint density at radius 1 is 1.23 bits per heavy atom. The van der Waals surface area contributed by atoms with E-state index in [9.17, 15) is 10.4 Å². The molecule has 1 saturated carbocycles. The highest BCUT2D eigenvalue weighted by Gasteiger charge is 2.43. The third-order valence-corrected chi connectivity index (χ3v) is 3.36. The molecule has 0 unspecified atom stereocenters. The zero-order valence-corrected chi connectivity index (χ0v) is 7.87. The quantitative estimate of drug-likeness (QED) is 0.652. The molecule has 0 bridgehead atoms. The summed E-state index contributed by atoms with van der Waals surface area (Å²) < 4.78 is 0. The predicted molar refractivity (Wildman–Crippen MR) is 49.0 cm³/mol. The second kappa shape index (κ2) is 3.28. The van der Waals surface area contributed by atoms with E-state index in [0.29, 0.717) is 13.1 Å². The van der Waals surface area contributed by atoms with Gasteiger partial charge in [-0.1, -0.05) is 19.3 Å². The zero-order chi connectivity index (χ0) is 9.31. The Kier molecular flexibility index (Phi) is 2.27. The van der Waals surface area contributed by atoms with Crippen molar-refractivity contribution in [3.8, 4) is 6.07 Å². The molecule has 0 aromatic carbocycles. The van der Waals surface area contributed by atoms with Crippen LogP contribution in [0.1, 0.15) is 32.1 Å². The summed E-state index contributed by atoms with van der Waals surface area (Å²) >= 11 is 0. The molecule has 72 valence electrons. The van der Waals surface area contributed by atoms with E-state index >= 15 is 0 Å². The van der Waals surface area contributed by atoms with E-state index in [-0.39, 0.29) is 11.6 Å². The molecule has 0 aromatic rings. The number of likely N-dealkylation sites (tertiary alicyclic amines) is 1. The van der Waals surface area contributed by atoms with Gasteiger partial charge in [-0.25, -0.2) is 0 Å². The van der Waals surface area contributed by atoms with Gasteiger partial charge >= 0.3 is 0 Å². The number of aliphatic hydroxyl groups is 1. The monoisotopic (exact) mass is 180 g/mol. The second-order valence-electron chi connectivity index (χ2n) is 4.26. The Morgan fingerprint density at radius 2 is 1.85 bits per heavy atom. The average molecular weight is 180 g/mol. The van der Waals surface area contributed by atoms with E-state index in [1.165, 1.54) is 19.3 Å². The number of rotatable bonds is 1. The number of nitrogens with zero attached hydrogens (tertiary/aromatic N) is 2. The molecule has 0 spiro atoms. The summed E-state index contributed by atoms with van der Waals surface area (Å²) in [5.41, 5.74) is -0.225. The summed E-state index contributed by atoms with van der Waals surface area (Å²) in [4.78, 5) is 2.15. The van der Waals surface area contributed by atoms with Crippen molar-refractivity contribution in [1.29, 1.82) is 5.26 Å². The molecular weight excluding hydrogens is 164 g/mol. The molecule has 0 radical (unpaired) electrons. The lowest BCUT2D eigenvalue weighted by Crippen LogP contribution is -2.62. The first-order chi connectivity index (χ1) is 6.27. The van der Waals surface area contributed by atoms with Crippen LogP contribution in [-0.2, 0) is 0 Å². The van der Waals surface area contributed by atoms with E-state index in [2.05, 4.69) is 11.0 Å². The molecule has 0 aromatic heterocycles. The molecule has 2 rings (SSSR count). The van der Waals surface area contributed by atoms with E-state index in [4.69, 9.17) is 0 Å². The largest absolute Gasteiger partial charge is 0.390 e. The summed E-state index contributed by atoms with van der Waals surface area (Å²) in [6.45, 7) is 1.40. The summed E-state index contributed by atoms with van der Waals surface area (Å²) in [7, 11) is 0. The molecule has 1 N–H and O–H groups in total. The summed E-state index contributed by atoms with van der Waals surface area (Å²) in [5.74, 6) is 0. The van der Waals surface area contributed by atoms with Crippen molar-refractivity contribution >= 4 is 0 Å². The summed E-state index contributed by atoms with van der Waals surface area (Å²) in [5, 5.41) is 18.4. The van der Waals surface area contributed by atoms with Gasteiger partial charge in [-0.05, 0) is 12.8 Å². The summed E-state index contributed by atoms with van der Waals surface area (Å²) in [6.07, 6.45) is 5.40. The maximum absolute atomic E-state index is 9.21. The molecule has 0 atom stereocenters. The number of aliphatic hydroxyl groups excluding tert-OH is 1. The van der Waals surface area contributed by atoms with Crippen LogP contribution in [-0.4, -0.2) is 34.7 Å². The van der Waals surface area contributed by atoms with Crippen LogP contribution in [0.15, 0.2) is 0 Å². The zero-order valence-electron chi connectivity index (χ0n) is 7.87. The fraction of sp³-hybridized carbons (Fsp3) is 0.900. The van der Waals surface area contributed by atoms with Crippen LogP contribution in [0.3, 0.4) is 0 Å². The molecule has 1 aliphatic heterocycles. The Hall–Kier alpha value is -0.590. The highest BCUT2D eigenvalue weighted by Crippen LogP contribution is 2.35. The SMILES string of the molecule is N#CC1(N2CC(O)C2)CCCCC1. The van der Waals surface area contributed by atoms with Gasteiger partial charge in [0.2, 0.25) is 0 Å². The van der Waals surface area contributed by atoms with Crippen LogP contribution in [0.25, 0.3) is 0 Å². The van der Waals surface area contributed by atoms with Crippen LogP contribution in [0, 0.1) is 11.3 Å². The molecule has 2 aliphatic rings. The van der Waals surface area contributed by atoms with Crippen molar-refractivity contribution in [3.63, 3.8) is 0 Å². The smallest absolute Gasteiger partial charge is 0.109 e. The van der Waals surface area contributed by atoms with E-state index in [1.807, 2.05) is 0 Å². The fourth-order valence-corrected chi connectivity index (χ4v) is 2.44. The molecule has 3 heteroatoms. The first-order valence-electron chi connectivity index (χ1n) is 5.11. The van der Waals surface area contributed by atoms with Gasteiger partial charge in [0.15, 0.2) is 0 Å². The van der Waals surface area contributed by atoms with Crippen molar-refractivity contribution in [2.45, 2.75) is 43.7 Å². The molecule has 1 aliphatic carbocycles. The summed E-state index contributed by atoms with van der Waals surface area (Å²) in [6, 6.07) is 2.45. The van der Waals surface area contributed by atoms with Gasteiger partial charge in [-0.2, -0.15) is 5.26 Å². The average Bonchev–Trinajstić information content (AvgIpc) is 2.14. The van der Waals surface area contributed by atoms with Crippen LogP contribution in [0.4, 0.5) is 0 Å². The van der Waals surface area contributed by atoms with Gasteiger partial charge in [0.1, 0.15) is 5.54 Å². The highest BCUT2D eigenvalue weighted by atomic mass is 16.3. The molecule has 3 nitrogen and oxygen atoms in total. The first kappa shape index (κ1) is 8.98. The lowest BCUT2D eigenvalue weighted by molar-refractivity contribution is -0.0588. The lowest BCUT2D eigenvalue weighted by Gasteiger charge is -2.48. The maximum Gasteiger partial charge on any atom is 0.109 e. The Bertz CT molecular complexity index is 222. The molecule has 1 heterocycles. The van der Waals surface area contributed by atoms with Crippen LogP contribution in [0.5, 0.6) is 0 Å². The Balaban J connectivity index is 2.02. The molecule has 1 saturated heterocycles. The van der Waals surface area contributed by atoms with Crippen molar-refractivity contribution in [2.24, 2.45) is 0 Å². The van der Waals surface area contributed by atoms with Crippen LogP contribution >= 0.6 is 0 Å². The lowest BCUT2D eigenvalue weighted by atomic mass is 9.79. The number of hydrogen-bond acceptors (Lipinski definition) is 3. The van der Waals surface area contributed by atoms with Gasteiger partial charge in [0, 0.05) is 13.1 Å². The van der Waals surface area contributed by atoms with Crippen molar-refractivity contribution in [1.82, 2.24) is 4.90 Å². The topological polar surface area (TPSA) is 47.3 Å². The second-order valence-corrected chi connectivity index (χ2v) is 4.26. The third-order valence-electron chi connectivity index (χ3n) is 3.36. The van der Waals surface area contributed by atoms with Gasteiger partial charge < -0.3 is 5.11 Å². The van der Waals surface area contributed by atoms with Crippen molar-refractivity contribution in [3.05, 3.63) is 0 Å². The standard InChI is InChI=1S/C10H16N2O/c11-8-10(4-2-1-3-5-10)12-6-9(13)7-12/h9,13H,1-7H2. The number of hydrogen-bond donors (Lipinski definition) is 1. The molecule has 0 amide bonds. The third kappa shape index (κ3) is 1.45. The van der Waals surface area contributed by atoms with Gasteiger partial charge in [0.25, 0.3) is 0 Å². The maximum atomic E-state index is 9.21. The normalized spacial score (nSPS) is 29.2. The van der Waals surface area contributed by atoms with Crippen molar-refractivity contribution in [2.75, 3.05) is 13.1 Å². The van der Waals surface area contributed by atoms with Crippen LogP contribution in [0.2, 0.25) is 0 Å². The van der Waals surface area contributed by atoms with Gasteiger partial charge in [-0.3, -0.25) is 4.90 Å². The number of β-amino-alcohol motifs (C(OH)–C–C–N with tert-alkyl or cyclic N) is 1. The molecule has 13 heavy (non-hydrogen) atoms. The van der Waals surface area contributed by atoms with E-state index < -0.39 is 0 Å². The van der Waals surface area contributed by atoms with Gasteiger partial charge in [0.05, 0.1) is 12.2 Å². The molecule has 2 fully saturated rings. The minimum Gasteiger partial charge on any atom is -0.390 e. The Morgan fingerprint density at radius 3 is 2.31 bits per heavy atom. The minimum absolute atomic E-state index is 0.188. The van der Waals surface area contributed by atoms with Gasteiger partial charge in [-0.15, -0.1) is 0 Å². The fourth-order valence-electron chi connectivity index (χ4n) is 2.44. The predicted octanol–water partition coefficient (Wildman–Crippen LogP) is 0.889. The van der Waals surface area contributed by atoms with E-state index in [0.717, 1.165) is 12.8 Å². The van der Waals surface area contributed by atoms with Crippen LogP contribution < -0.4 is 0 Å². The highest BCUT2D eigenvalue weighted by molar-refractivity contribution is 5.12. The molecular formula is C10H16N2O.